The lowest BCUT2D eigenvalue weighted by Crippen LogP contribution is -2.28. The Hall–Kier alpha value is -1.82. The normalized spacial score (nSPS) is 14.2. The van der Waals surface area contributed by atoms with Crippen molar-refractivity contribution >= 4 is 20.2 Å². The van der Waals surface area contributed by atoms with Gasteiger partial charge in [0.05, 0.1) is 22.0 Å². The first kappa shape index (κ1) is 29.2. The van der Waals surface area contributed by atoms with Crippen LogP contribution < -0.4 is 0 Å². The van der Waals surface area contributed by atoms with Gasteiger partial charge in [-0.2, -0.15) is 16.8 Å². The van der Waals surface area contributed by atoms with E-state index in [9.17, 15) is 27.0 Å². The molecular formula is C21H32O8S2. The average Bonchev–Trinajstić information content (AvgIpc) is 2.74. The van der Waals surface area contributed by atoms with Crippen LogP contribution in [0.15, 0.2) is 70.5 Å². The molecule has 0 spiro atoms. The van der Waals surface area contributed by atoms with Crippen molar-refractivity contribution in [2.75, 3.05) is 0 Å². The van der Waals surface area contributed by atoms with Gasteiger partial charge in [-0.1, -0.05) is 63.6 Å². The first-order valence-electron chi connectivity index (χ1n) is 9.75. The van der Waals surface area contributed by atoms with Gasteiger partial charge in [0.15, 0.2) is 0 Å². The first-order chi connectivity index (χ1) is 14.3. The molecule has 2 aromatic carbocycles. The molecule has 0 saturated heterocycles. The molecule has 0 aliphatic carbocycles. The van der Waals surface area contributed by atoms with Crippen LogP contribution in [0.4, 0.5) is 0 Å². The molecule has 0 aliphatic heterocycles. The maximum absolute atomic E-state index is 10.4. The van der Waals surface area contributed by atoms with Crippen LogP contribution in [0, 0.1) is 5.92 Å². The van der Waals surface area contributed by atoms with Crippen molar-refractivity contribution in [2.24, 2.45) is 5.92 Å². The molecule has 4 N–H and O–H groups in total. The van der Waals surface area contributed by atoms with Crippen molar-refractivity contribution in [2.45, 2.75) is 62.0 Å². The Morgan fingerprint density at radius 3 is 1.29 bits per heavy atom. The molecule has 0 bridgehead atoms. The highest BCUT2D eigenvalue weighted by Crippen LogP contribution is 2.15. The molecular weight excluding hydrogens is 444 g/mol. The molecule has 0 saturated carbocycles. The molecule has 176 valence electrons. The van der Waals surface area contributed by atoms with Gasteiger partial charge in [-0.25, -0.2) is 0 Å². The maximum Gasteiger partial charge on any atom is 0.294 e. The summed E-state index contributed by atoms with van der Waals surface area (Å²) in [5.74, 6) is 0.0138. The van der Waals surface area contributed by atoms with Gasteiger partial charge >= 0.3 is 0 Å². The van der Waals surface area contributed by atoms with Crippen molar-refractivity contribution < 1.29 is 36.2 Å². The van der Waals surface area contributed by atoms with Crippen LogP contribution in [0.1, 0.15) is 40.0 Å². The third-order valence-corrected chi connectivity index (χ3v) is 6.03. The van der Waals surface area contributed by atoms with E-state index in [-0.39, 0.29) is 27.9 Å². The summed E-state index contributed by atoms with van der Waals surface area (Å²) >= 11 is 0. The summed E-state index contributed by atoms with van der Waals surface area (Å²) in [5.41, 5.74) is 0. The zero-order chi connectivity index (χ0) is 24.1. The molecule has 2 rings (SSSR count). The number of rotatable bonds is 7. The van der Waals surface area contributed by atoms with E-state index in [1.165, 1.54) is 24.3 Å². The zero-order valence-electron chi connectivity index (χ0n) is 17.9. The van der Waals surface area contributed by atoms with Crippen LogP contribution in [-0.2, 0) is 20.2 Å². The molecule has 0 radical (unpaired) electrons. The summed E-state index contributed by atoms with van der Waals surface area (Å²) < 4.78 is 58.5. The lowest BCUT2D eigenvalue weighted by Gasteiger charge is -2.22. The molecule has 0 aromatic heterocycles. The van der Waals surface area contributed by atoms with Gasteiger partial charge in [0.1, 0.15) is 0 Å². The summed E-state index contributed by atoms with van der Waals surface area (Å²) in [6.07, 6.45) is 1.80. The summed E-state index contributed by atoms with van der Waals surface area (Å²) in [7, 11) is -8.01. The van der Waals surface area contributed by atoms with Crippen LogP contribution in [0.2, 0.25) is 0 Å². The Labute approximate surface area is 185 Å². The van der Waals surface area contributed by atoms with Crippen LogP contribution in [-0.4, -0.2) is 48.4 Å². The van der Waals surface area contributed by atoms with E-state index >= 15 is 0 Å². The third-order valence-electron chi connectivity index (χ3n) is 4.30. The summed E-state index contributed by atoms with van der Waals surface area (Å²) in [4.78, 5) is -0.148. The molecule has 3 unspecified atom stereocenters. The lowest BCUT2D eigenvalue weighted by molar-refractivity contribution is 0.0159. The second-order valence-corrected chi connectivity index (χ2v) is 9.61. The fourth-order valence-electron chi connectivity index (χ4n) is 2.37. The van der Waals surface area contributed by atoms with Gasteiger partial charge in [0.2, 0.25) is 0 Å². The van der Waals surface area contributed by atoms with Crippen molar-refractivity contribution in [3.05, 3.63) is 60.7 Å². The Kier molecular flexibility index (Phi) is 13.4. The van der Waals surface area contributed by atoms with Gasteiger partial charge < -0.3 is 10.2 Å². The highest BCUT2D eigenvalue weighted by Gasteiger charge is 2.19. The van der Waals surface area contributed by atoms with Gasteiger partial charge in [-0.05, 0) is 37.1 Å². The molecule has 8 nitrogen and oxygen atoms in total. The zero-order valence-corrected chi connectivity index (χ0v) is 19.5. The number of aliphatic hydroxyl groups excluding tert-OH is 2. The van der Waals surface area contributed by atoms with Gasteiger partial charge in [0, 0.05) is 5.92 Å². The standard InChI is InChI=1S/C9H20O2.2C6H6O3S/c1-4-6-9(11)7(3)8(10)5-2;2*7-10(8,9)6-4-2-1-3-5-6/h7-11H,4-6H2,1-3H3;2*1-5H,(H,7,8,9). The van der Waals surface area contributed by atoms with Crippen LogP contribution in [0.5, 0.6) is 0 Å². The molecule has 10 heteroatoms. The quantitative estimate of drug-likeness (QED) is 0.444. The van der Waals surface area contributed by atoms with Crippen molar-refractivity contribution in [1.82, 2.24) is 0 Å². The average molecular weight is 477 g/mol. The third kappa shape index (κ3) is 12.6. The SMILES string of the molecule is CCCC(O)C(C)C(O)CC.O=S(=O)(O)c1ccccc1.O=S(=O)(O)c1ccccc1. The molecule has 0 fully saturated rings. The Morgan fingerprint density at radius 1 is 0.710 bits per heavy atom. The molecule has 31 heavy (non-hydrogen) atoms. The fraction of sp³-hybridized carbons (Fsp3) is 0.429. The van der Waals surface area contributed by atoms with Crippen molar-refractivity contribution in [3.8, 4) is 0 Å². The van der Waals surface area contributed by atoms with E-state index in [0.717, 1.165) is 19.3 Å². The number of hydrogen-bond donors (Lipinski definition) is 4. The highest BCUT2D eigenvalue weighted by atomic mass is 32.2. The molecule has 2 aromatic rings. The Balaban J connectivity index is 0.000000436. The van der Waals surface area contributed by atoms with E-state index in [1.54, 1.807) is 36.4 Å². The second-order valence-electron chi connectivity index (χ2n) is 6.77. The van der Waals surface area contributed by atoms with Crippen molar-refractivity contribution in [3.63, 3.8) is 0 Å². The number of aliphatic hydroxyl groups is 2. The van der Waals surface area contributed by atoms with Gasteiger partial charge in [-0.3, -0.25) is 9.11 Å². The number of hydrogen-bond acceptors (Lipinski definition) is 6. The predicted molar refractivity (Wildman–Crippen MR) is 119 cm³/mol. The van der Waals surface area contributed by atoms with Crippen LogP contribution in [0.25, 0.3) is 0 Å². The first-order valence-corrected chi connectivity index (χ1v) is 12.6. The molecule has 0 aliphatic rings. The minimum atomic E-state index is -4.00. The smallest absolute Gasteiger partial charge is 0.294 e. The summed E-state index contributed by atoms with van der Waals surface area (Å²) in [5, 5.41) is 18.8. The van der Waals surface area contributed by atoms with E-state index < -0.39 is 20.2 Å². The van der Waals surface area contributed by atoms with Crippen LogP contribution in [0.3, 0.4) is 0 Å². The van der Waals surface area contributed by atoms with Gasteiger partial charge in [-0.15, -0.1) is 0 Å². The highest BCUT2D eigenvalue weighted by molar-refractivity contribution is 7.86. The second kappa shape index (κ2) is 14.3. The largest absolute Gasteiger partial charge is 0.393 e. The van der Waals surface area contributed by atoms with Crippen molar-refractivity contribution in [1.29, 1.82) is 0 Å². The minimum Gasteiger partial charge on any atom is -0.393 e. The Morgan fingerprint density at radius 2 is 1.06 bits per heavy atom. The van der Waals surface area contributed by atoms with E-state index in [2.05, 4.69) is 0 Å². The summed E-state index contributed by atoms with van der Waals surface area (Å²) in [6, 6.07) is 14.8. The van der Waals surface area contributed by atoms with E-state index in [1.807, 2.05) is 20.8 Å². The van der Waals surface area contributed by atoms with E-state index in [0.29, 0.717) is 0 Å². The molecule has 0 amide bonds. The van der Waals surface area contributed by atoms with E-state index in [4.69, 9.17) is 9.11 Å². The summed E-state index contributed by atoms with van der Waals surface area (Å²) in [6.45, 7) is 5.86. The maximum atomic E-state index is 10.4. The monoisotopic (exact) mass is 476 g/mol. The van der Waals surface area contributed by atoms with Crippen LogP contribution >= 0.6 is 0 Å². The lowest BCUT2D eigenvalue weighted by atomic mass is 9.94. The topological polar surface area (TPSA) is 149 Å². The number of benzene rings is 2. The van der Waals surface area contributed by atoms with Gasteiger partial charge in [0.25, 0.3) is 20.2 Å². The minimum absolute atomic E-state index is 0.0138. The predicted octanol–water partition coefficient (Wildman–Crippen LogP) is 3.42. The molecule has 3 atom stereocenters. The molecule has 0 heterocycles. The Bertz CT molecular complexity index is 862. The fourth-order valence-corrected chi connectivity index (χ4v) is 3.37.